The van der Waals surface area contributed by atoms with Crippen molar-refractivity contribution in [3.8, 4) is 0 Å². The Kier molecular flexibility index (Phi) is 9.21. The molecule has 6 unspecified atom stereocenters. The molecule has 0 amide bonds. The summed E-state index contributed by atoms with van der Waals surface area (Å²) in [6.45, 7) is 8.27. The minimum atomic E-state index is -4.37. The van der Waals surface area contributed by atoms with Crippen molar-refractivity contribution in [3.05, 3.63) is 0 Å². The Labute approximate surface area is 194 Å². The molecular formula is C21H40F3N7O2. The van der Waals surface area contributed by atoms with E-state index in [2.05, 4.69) is 43.3 Å². The molecule has 0 aromatic heterocycles. The number of nitrogens with one attached hydrogen (secondary N) is 5. The Hall–Kier alpha value is -0.570. The van der Waals surface area contributed by atoms with Crippen LogP contribution in [0, 0.1) is 5.92 Å². The molecule has 4 aliphatic rings. The molecule has 4 rings (SSSR count). The lowest BCUT2D eigenvalue weighted by atomic mass is 9.99. The summed E-state index contributed by atoms with van der Waals surface area (Å²) in [4.78, 5) is 4.74. The third kappa shape index (κ3) is 8.25. The smallest absolute Gasteiger partial charge is 0.374 e. The number of nitrogens with zero attached hydrogens (tertiary/aromatic N) is 2. The van der Waals surface area contributed by atoms with Gasteiger partial charge in [0.05, 0.1) is 12.2 Å². The van der Waals surface area contributed by atoms with Crippen molar-refractivity contribution in [1.29, 1.82) is 0 Å². The summed E-state index contributed by atoms with van der Waals surface area (Å²) in [5.41, 5.74) is 0. The maximum atomic E-state index is 12.7. The van der Waals surface area contributed by atoms with E-state index >= 15 is 0 Å². The predicted molar refractivity (Wildman–Crippen MR) is 118 cm³/mol. The van der Waals surface area contributed by atoms with Crippen LogP contribution in [-0.2, 0) is 9.47 Å². The van der Waals surface area contributed by atoms with Gasteiger partial charge in [-0.05, 0) is 51.6 Å². The molecular weight excluding hydrogens is 439 g/mol. The van der Waals surface area contributed by atoms with Gasteiger partial charge >= 0.3 is 6.18 Å². The SMILES string of the molecule is CC1CCC(CNC2NC(OCC(F)(F)F)NC(N3CCN(CC4CCCNC4)CC3)N2)O1. The first-order valence-corrected chi connectivity index (χ1v) is 12.4. The average molecular weight is 480 g/mol. The van der Waals surface area contributed by atoms with Gasteiger partial charge in [-0.2, -0.15) is 13.2 Å². The number of halogens is 3. The summed E-state index contributed by atoms with van der Waals surface area (Å²) in [5, 5.41) is 16.4. The molecule has 9 nitrogen and oxygen atoms in total. The second-order valence-electron chi connectivity index (χ2n) is 9.75. The molecule has 0 aliphatic carbocycles. The summed E-state index contributed by atoms with van der Waals surface area (Å²) >= 11 is 0. The highest BCUT2D eigenvalue weighted by Crippen LogP contribution is 2.19. The van der Waals surface area contributed by atoms with Gasteiger partial charge in [-0.3, -0.25) is 26.2 Å². The lowest BCUT2D eigenvalue weighted by Gasteiger charge is -2.46. The lowest BCUT2D eigenvalue weighted by molar-refractivity contribution is -0.202. The van der Waals surface area contributed by atoms with Crippen LogP contribution < -0.4 is 26.6 Å². The average Bonchev–Trinajstić information content (AvgIpc) is 3.22. The molecule has 0 radical (unpaired) electrons. The Bertz CT molecular complexity index is 589. The van der Waals surface area contributed by atoms with Crippen molar-refractivity contribution in [2.45, 2.75) is 69.9 Å². The third-order valence-corrected chi connectivity index (χ3v) is 6.92. The van der Waals surface area contributed by atoms with Crippen LogP contribution >= 0.6 is 0 Å². The second-order valence-corrected chi connectivity index (χ2v) is 9.75. The van der Waals surface area contributed by atoms with Gasteiger partial charge in [-0.25, -0.2) is 0 Å². The van der Waals surface area contributed by atoms with Crippen LogP contribution in [0.3, 0.4) is 0 Å². The fourth-order valence-electron chi connectivity index (χ4n) is 5.13. The van der Waals surface area contributed by atoms with Gasteiger partial charge in [-0.1, -0.05) is 0 Å². The van der Waals surface area contributed by atoms with Gasteiger partial charge in [0.25, 0.3) is 0 Å². The summed E-state index contributed by atoms with van der Waals surface area (Å²) in [6, 6.07) is 0. The predicted octanol–water partition coefficient (Wildman–Crippen LogP) is -0.0272. The molecule has 4 heterocycles. The zero-order chi connectivity index (χ0) is 23.3. The zero-order valence-electron chi connectivity index (χ0n) is 19.5. The standard InChI is InChI=1S/C21H40F3N7O2/c1-15-4-5-17(33-15)12-26-18-27-19(29-20(28-18)32-14-21(22,23)24)31-9-7-30(8-10-31)13-16-3-2-6-25-11-16/h15-20,25-29H,2-14H2,1H3. The van der Waals surface area contributed by atoms with Gasteiger partial charge in [0.1, 0.15) is 19.2 Å². The minimum absolute atomic E-state index is 0.115. The number of piperidine rings is 1. The normalized spacial score (nSPS) is 37.5. The first kappa shape index (κ1) is 25.5. The van der Waals surface area contributed by atoms with Crippen molar-refractivity contribution in [2.75, 3.05) is 59.0 Å². The number of ether oxygens (including phenoxy) is 2. The topological polar surface area (TPSA) is 85.1 Å². The van der Waals surface area contributed by atoms with E-state index in [-0.39, 0.29) is 24.8 Å². The minimum Gasteiger partial charge on any atom is -0.374 e. The lowest BCUT2D eigenvalue weighted by Crippen LogP contribution is -2.76. The fraction of sp³-hybridized carbons (Fsp3) is 1.00. The van der Waals surface area contributed by atoms with E-state index in [9.17, 15) is 13.2 Å². The highest BCUT2D eigenvalue weighted by molar-refractivity contribution is 4.85. The van der Waals surface area contributed by atoms with Crippen LogP contribution in [-0.4, -0.2) is 106 Å². The first-order valence-electron chi connectivity index (χ1n) is 12.4. The zero-order valence-corrected chi connectivity index (χ0v) is 19.5. The molecule has 4 aliphatic heterocycles. The summed E-state index contributed by atoms with van der Waals surface area (Å²) in [7, 11) is 0. The summed E-state index contributed by atoms with van der Waals surface area (Å²) in [5.74, 6) is 0.703. The highest BCUT2D eigenvalue weighted by Gasteiger charge is 2.36. The molecule has 0 aromatic rings. The van der Waals surface area contributed by atoms with Gasteiger partial charge in [0, 0.05) is 39.3 Å². The molecule has 4 saturated heterocycles. The fourth-order valence-corrected chi connectivity index (χ4v) is 5.13. The van der Waals surface area contributed by atoms with Crippen LogP contribution in [0.5, 0.6) is 0 Å². The number of hydrogen-bond donors (Lipinski definition) is 5. The third-order valence-electron chi connectivity index (χ3n) is 6.92. The van der Waals surface area contributed by atoms with Crippen molar-refractivity contribution in [1.82, 2.24) is 36.4 Å². The van der Waals surface area contributed by atoms with E-state index in [0.717, 1.165) is 58.7 Å². The molecule has 0 bridgehead atoms. The Balaban J connectivity index is 1.27. The molecule has 12 heteroatoms. The first-order chi connectivity index (χ1) is 15.8. The van der Waals surface area contributed by atoms with E-state index < -0.39 is 19.1 Å². The van der Waals surface area contributed by atoms with Crippen LogP contribution in [0.1, 0.15) is 32.6 Å². The number of piperazine rings is 1. The van der Waals surface area contributed by atoms with Crippen molar-refractivity contribution < 1.29 is 22.6 Å². The van der Waals surface area contributed by atoms with E-state index in [4.69, 9.17) is 9.47 Å². The van der Waals surface area contributed by atoms with Crippen molar-refractivity contribution >= 4 is 0 Å². The number of hydrogen-bond acceptors (Lipinski definition) is 9. The second kappa shape index (κ2) is 11.9. The number of alkyl halides is 3. The highest BCUT2D eigenvalue weighted by atomic mass is 19.4. The molecule has 0 spiro atoms. The van der Waals surface area contributed by atoms with Crippen LogP contribution in [0.2, 0.25) is 0 Å². The van der Waals surface area contributed by atoms with Gasteiger partial charge in [0.15, 0.2) is 6.35 Å². The molecule has 0 aromatic carbocycles. The van der Waals surface area contributed by atoms with E-state index in [1.54, 1.807) is 0 Å². The van der Waals surface area contributed by atoms with Crippen LogP contribution in [0.25, 0.3) is 0 Å². The Morgan fingerprint density at radius 1 is 1.06 bits per heavy atom. The van der Waals surface area contributed by atoms with Gasteiger partial charge in [0.2, 0.25) is 0 Å². The molecule has 0 saturated carbocycles. The van der Waals surface area contributed by atoms with Gasteiger partial charge in [-0.15, -0.1) is 0 Å². The Morgan fingerprint density at radius 3 is 2.55 bits per heavy atom. The Morgan fingerprint density at radius 2 is 1.88 bits per heavy atom. The number of rotatable bonds is 8. The summed E-state index contributed by atoms with van der Waals surface area (Å²) in [6.07, 6.45) is -1.07. The van der Waals surface area contributed by atoms with Crippen molar-refractivity contribution in [2.24, 2.45) is 5.92 Å². The molecule has 5 N–H and O–H groups in total. The largest absolute Gasteiger partial charge is 0.411 e. The van der Waals surface area contributed by atoms with Crippen LogP contribution in [0.4, 0.5) is 13.2 Å². The van der Waals surface area contributed by atoms with E-state index in [1.807, 2.05) is 0 Å². The molecule has 192 valence electrons. The monoisotopic (exact) mass is 479 g/mol. The van der Waals surface area contributed by atoms with Gasteiger partial charge < -0.3 is 19.7 Å². The molecule has 33 heavy (non-hydrogen) atoms. The maximum absolute atomic E-state index is 12.7. The van der Waals surface area contributed by atoms with E-state index in [1.165, 1.54) is 12.8 Å². The maximum Gasteiger partial charge on any atom is 0.411 e. The molecule has 6 atom stereocenters. The summed E-state index contributed by atoms with van der Waals surface area (Å²) < 4.78 is 49.2. The molecule has 4 fully saturated rings. The van der Waals surface area contributed by atoms with Crippen LogP contribution in [0.15, 0.2) is 0 Å². The quantitative estimate of drug-likeness (QED) is 0.330. The van der Waals surface area contributed by atoms with Crippen molar-refractivity contribution in [3.63, 3.8) is 0 Å². The van der Waals surface area contributed by atoms with E-state index in [0.29, 0.717) is 12.5 Å².